The molecule has 0 spiro atoms. The van der Waals surface area contributed by atoms with Crippen molar-refractivity contribution >= 4 is 33.3 Å². The predicted octanol–water partition coefficient (Wildman–Crippen LogP) is 3.56. The van der Waals surface area contributed by atoms with E-state index in [2.05, 4.69) is 10.0 Å². The topological polar surface area (TPSA) is 75.3 Å². The van der Waals surface area contributed by atoms with Gasteiger partial charge < -0.3 is 5.32 Å². The van der Waals surface area contributed by atoms with Gasteiger partial charge in [-0.25, -0.2) is 13.1 Å². The Morgan fingerprint density at radius 2 is 1.88 bits per heavy atom. The first kappa shape index (κ1) is 19.4. The first-order chi connectivity index (χ1) is 11.1. The lowest BCUT2D eigenvalue weighted by molar-refractivity contribution is 0.112. The van der Waals surface area contributed by atoms with E-state index in [1.807, 2.05) is 12.3 Å². The van der Waals surface area contributed by atoms with E-state index >= 15 is 0 Å². The molecule has 2 N–H and O–H groups in total. The van der Waals surface area contributed by atoms with Crippen LogP contribution in [-0.4, -0.2) is 32.0 Å². The number of sulfonamides is 1. The van der Waals surface area contributed by atoms with Gasteiger partial charge in [0.2, 0.25) is 10.0 Å². The maximum atomic E-state index is 12.2. The lowest BCUT2D eigenvalue weighted by Crippen LogP contribution is -2.46. The van der Waals surface area contributed by atoms with Crippen LogP contribution in [0.1, 0.15) is 61.7 Å². The van der Waals surface area contributed by atoms with Crippen molar-refractivity contribution < 1.29 is 13.2 Å². The number of aldehydes is 1. The highest BCUT2D eigenvalue weighted by Crippen LogP contribution is 2.29. The number of hydrogen-bond donors (Lipinski definition) is 2. The van der Waals surface area contributed by atoms with Crippen LogP contribution < -0.4 is 10.0 Å². The van der Waals surface area contributed by atoms with Crippen LogP contribution in [0.3, 0.4) is 0 Å². The number of rotatable bonds is 6. The largest absolute Gasteiger partial charge is 0.384 e. The maximum absolute atomic E-state index is 12.2. The van der Waals surface area contributed by atoms with Crippen LogP contribution in [0.15, 0.2) is 5.38 Å². The highest BCUT2D eigenvalue weighted by molar-refractivity contribution is 7.90. The molecule has 0 atom stereocenters. The molecule has 5 nitrogen and oxygen atoms in total. The molecule has 24 heavy (non-hydrogen) atoms. The third-order valence-corrected chi connectivity index (χ3v) is 7.88. The highest BCUT2D eigenvalue weighted by atomic mass is 32.2. The molecular formula is C17H28N2O3S2. The van der Waals surface area contributed by atoms with E-state index in [0.717, 1.165) is 54.6 Å². The van der Waals surface area contributed by atoms with Crippen molar-refractivity contribution in [3.8, 4) is 0 Å². The molecule has 1 aliphatic rings. The minimum atomic E-state index is -3.28. The van der Waals surface area contributed by atoms with Crippen molar-refractivity contribution in [1.82, 2.24) is 4.72 Å². The molecular weight excluding hydrogens is 344 g/mol. The van der Waals surface area contributed by atoms with Crippen LogP contribution in [0.2, 0.25) is 0 Å². The van der Waals surface area contributed by atoms with E-state index < -0.39 is 14.8 Å². The van der Waals surface area contributed by atoms with E-state index in [4.69, 9.17) is 0 Å². The summed E-state index contributed by atoms with van der Waals surface area (Å²) in [5.74, 6) is 0.514. The second-order valence-corrected chi connectivity index (χ2v) is 11.1. The van der Waals surface area contributed by atoms with E-state index in [0.29, 0.717) is 5.92 Å². The van der Waals surface area contributed by atoms with Crippen molar-refractivity contribution in [2.24, 2.45) is 5.92 Å². The standard InChI is InChI=1S/C17H28N2O3S2/c1-12-15(10-20)16(11-23-12)18-9-13-5-7-14(8-6-13)19-24(21,22)17(2,3)4/h10-11,13-14,18-19H,5-9H2,1-4H3. The summed E-state index contributed by atoms with van der Waals surface area (Å²) in [6.07, 6.45) is 4.62. The SMILES string of the molecule is Cc1scc(NCC2CCC(NS(=O)(=O)C(C)(C)C)CC2)c1C=O. The number of carbonyl (C=O) groups excluding carboxylic acids is 1. The minimum absolute atomic E-state index is 0.0411. The lowest BCUT2D eigenvalue weighted by atomic mass is 9.86. The Bertz CT molecular complexity index is 666. The van der Waals surface area contributed by atoms with Crippen LogP contribution in [0, 0.1) is 12.8 Å². The normalized spacial score (nSPS) is 22.3. The highest BCUT2D eigenvalue weighted by Gasteiger charge is 2.32. The van der Waals surface area contributed by atoms with Gasteiger partial charge in [-0.15, -0.1) is 11.3 Å². The number of aryl methyl sites for hydroxylation is 1. The van der Waals surface area contributed by atoms with Gasteiger partial charge in [0.1, 0.15) is 0 Å². The maximum Gasteiger partial charge on any atom is 0.216 e. The predicted molar refractivity (Wildman–Crippen MR) is 100 cm³/mol. The van der Waals surface area contributed by atoms with Gasteiger partial charge in [0, 0.05) is 22.8 Å². The molecule has 2 rings (SSSR count). The zero-order valence-corrected chi connectivity index (χ0v) is 16.5. The smallest absolute Gasteiger partial charge is 0.216 e. The van der Waals surface area contributed by atoms with Crippen molar-refractivity contribution in [1.29, 1.82) is 0 Å². The molecule has 1 fully saturated rings. The van der Waals surface area contributed by atoms with Crippen LogP contribution in [0.4, 0.5) is 5.69 Å². The van der Waals surface area contributed by atoms with E-state index in [1.165, 1.54) is 0 Å². The summed E-state index contributed by atoms with van der Waals surface area (Å²) >= 11 is 1.58. The molecule has 0 amide bonds. The summed E-state index contributed by atoms with van der Waals surface area (Å²) in [7, 11) is -3.28. The van der Waals surface area contributed by atoms with Gasteiger partial charge in [0.25, 0.3) is 0 Å². The van der Waals surface area contributed by atoms with E-state index in [1.54, 1.807) is 32.1 Å². The lowest BCUT2D eigenvalue weighted by Gasteiger charge is -2.31. The minimum Gasteiger partial charge on any atom is -0.384 e. The van der Waals surface area contributed by atoms with Crippen LogP contribution in [0.5, 0.6) is 0 Å². The monoisotopic (exact) mass is 372 g/mol. The molecule has 0 bridgehead atoms. The molecule has 1 heterocycles. The Kier molecular flexibility index (Phi) is 6.09. The molecule has 136 valence electrons. The van der Waals surface area contributed by atoms with Gasteiger partial charge in [0.05, 0.1) is 16.0 Å². The fourth-order valence-corrected chi connectivity index (χ4v) is 4.70. The average Bonchev–Trinajstić information content (AvgIpc) is 2.85. The van der Waals surface area contributed by atoms with Crippen LogP contribution in [0.25, 0.3) is 0 Å². The summed E-state index contributed by atoms with van der Waals surface area (Å²) in [4.78, 5) is 12.2. The molecule has 1 aliphatic carbocycles. The fourth-order valence-electron chi connectivity index (χ4n) is 2.88. The quantitative estimate of drug-likeness (QED) is 0.749. The van der Waals surface area contributed by atoms with Crippen molar-refractivity contribution in [3.63, 3.8) is 0 Å². The first-order valence-corrected chi connectivity index (χ1v) is 10.8. The van der Waals surface area contributed by atoms with Crippen LogP contribution >= 0.6 is 11.3 Å². The summed E-state index contributed by atoms with van der Waals surface area (Å²) in [6.45, 7) is 7.94. The first-order valence-electron chi connectivity index (χ1n) is 8.43. The Labute approximate surface area is 149 Å². The van der Waals surface area contributed by atoms with Crippen molar-refractivity contribution in [3.05, 3.63) is 15.8 Å². The second-order valence-electron chi connectivity index (χ2n) is 7.57. The number of anilines is 1. The number of thiophene rings is 1. The molecule has 0 aliphatic heterocycles. The Hall–Kier alpha value is -0.920. The molecule has 0 saturated heterocycles. The summed E-state index contributed by atoms with van der Waals surface area (Å²) < 4.78 is 26.5. The Balaban J connectivity index is 1.82. The van der Waals surface area contributed by atoms with Gasteiger partial charge in [-0.2, -0.15) is 0 Å². The van der Waals surface area contributed by atoms with Gasteiger partial charge in [-0.1, -0.05) is 0 Å². The van der Waals surface area contributed by atoms with Gasteiger partial charge in [-0.3, -0.25) is 4.79 Å². The van der Waals surface area contributed by atoms with Crippen LogP contribution in [-0.2, 0) is 10.0 Å². The van der Waals surface area contributed by atoms with Gasteiger partial charge in [-0.05, 0) is 59.3 Å². The number of carbonyl (C=O) groups is 1. The molecule has 1 aromatic rings. The Morgan fingerprint density at radius 1 is 1.25 bits per heavy atom. The fraction of sp³-hybridized carbons (Fsp3) is 0.706. The van der Waals surface area contributed by atoms with Gasteiger partial charge >= 0.3 is 0 Å². The average molecular weight is 373 g/mol. The zero-order valence-electron chi connectivity index (χ0n) is 14.9. The summed E-state index contributed by atoms with van der Waals surface area (Å²) in [5, 5.41) is 5.37. The zero-order chi connectivity index (χ0) is 18.0. The number of nitrogens with one attached hydrogen (secondary N) is 2. The third-order valence-electron chi connectivity index (χ3n) is 4.70. The molecule has 0 aromatic carbocycles. The van der Waals surface area contributed by atoms with E-state index in [9.17, 15) is 13.2 Å². The third kappa shape index (κ3) is 4.58. The Morgan fingerprint density at radius 3 is 2.42 bits per heavy atom. The molecule has 0 radical (unpaired) electrons. The number of hydrogen-bond acceptors (Lipinski definition) is 5. The summed E-state index contributed by atoms with van der Waals surface area (Å²) in [6, 6.07) is 0.0411. The second kappa shape index (κ2) is 7.54. The molecule has 1 saturated carbocycles. The van der Waals surface area contributed by atoms with Crippen molar-refractivity contribution in [2.75, 3.05) is 11.9 Å². The van der Waals surface area contributed by atoms with E-state index in [-0.39, 0.29) is 6.04 Å². The van der Waals surface area contributed by atoms with Gasteiger partial charge in [0.15, 0.2) is 6.29 Å². The van der Waals surface area contributed by atoms with Crippen molar-refractivity contribution in [2.45, 2.75) is 64.2 Å². The molecule has 0 unspecified atom stereocenters. The molecule has 7 heteroatoms. The summed E-state index contributed by atoms with van der Waals surface area (Å²) in [5.41, 5.74) is 1.68. The molecule has 1 aromatic heterocycles.